The molecule has 0 aliphatic carbocycles. The number of hydrogen-bond donors (Lipinski definition) is 2. The Morgan fingerprint density at radius 2 is 0.941 bits per heavy atom. The Bertz CT molecular complexity index is 1440. The normalized spacial score (nSPS) is 11.4. The molecule has 0 saturated carbocycles. The second kappa shape index (κ2) is 9.41. The van der Waals surface area contributed by atoms with E-state index in [2.05, 4.69) is 107 Å². The van der Waals surface area contributed by atoms with Crippen LogP contribution >= 0.6 is 21.6 Å². The molecule has 0 atom stereocenters. The Labute approximate surface area is 205 Å². The molecule has 0 saturated heterocycles. The molecule has 0 unspecified atom stereocenters. The van der Waals surface area contributed by atoms with Gasteiger partial charge in [0.25, 0.3) is 0 Å². The van der Waals surface area contributed by atoms with Gasteiger partial charge in [0.1, 0.15) is 0 Å². The maximum Gasteiger partial charge on any atom is 0.177 e. The minimum absolute atomic E-state index is 0.877. The van der Waals surface area contributed by atoms with Crippen LogP contribution in [0.25, 0.3) is 22.1 Å². The van der Waals surface area contributed by atoms with Gasteiger partial charge in [0.15, 0.2) is 10.3 Å². The maximum absolute atomic E-state index is 4.74. The lowest BCUT2D eigenvalue weighted by Crippen LogP contribution is -1.87. The number of fused-ring (bicyclic) bond motifs is 2. The van der Waals surface area contributed by atoms with Crippen molar-refractivity contribution < 1.29 is 0 Å². The molecule has 0 fully saturated rings. The van der Waals surface area contributed by atoms with Gasteiger partial charge in [-0.1, -0.05) is 72.8 Å². The smallest absolute Gasteiger partial charge is 0.177 e. The second-order valence-corrected chi connectivity index (χ2v) is 10.4. The Morgan fingerprint density at radius 3 is 1.38 bits per heavy atom. The molecule has 2 N–H and O–H groups in total. The topological polar surface area (TPSA) is 57.4 Å². The number of H-pyrrole nitrogens is 2. The second-order valence-electron chi connectivity index (χ2n) is 8.28. The van der Waals surface area contributed by atoms with Crippen molar-refractivity contribution in [2.24, 2.45) is 0 Å². The minimum atomic E-state index is 0.877. The molecule has 0 radical (unpaired) electrons. The summed E-state index contributed by atoms with van der Waals surface area (Å²) in [6.07, 6.45) is 1.83. The first kappa shape index (κ1) is 21.1. The number of hydrogen-bond acceptors (Lipinski definition) is 4. The van der Waals surface area contributed by atoms with E-state index >= 15 is 0 Å². The molecule has 0 aliphatic heterocycles. The van der Waals surface area contributed by atoms with E-state index < -0.39 is 0 Å². The quantitative estimate of drug-likeness (QED) is 0.234. The molecule has 6 rings (SSSR count). The van der Waals surface area contributed by atoms with Gasteiger partial charge < -0.3 is 9.97 Å². The summed E-state index contributed by atoms with van der Waals surface area (Å²) in [4.78, 5) is 16.4. The lowest BCUT2D eigenvalue weighted by atomic mass is 10.0. The van der Waals surface area contributed by atoms with E-state index in [9.17, 15) is 0 Å². The van der Waals surface area contributed by atoms with Crippen molar-refractivity contribution in [2.75, 3.05) is 0 Å². The Hall–Kier alpha value is -3.48. The highest BCUT2D eigenvalue weighted by atomic mass is 33.1. The van der Waals surface area contributed by atoms with Crippen molar-refractivity contribution in [3.8, 4) is 0 Å². The molecule has 4 nitrogen and oxygen atoms in total. The van der Waals surface area contributed by atoms with Crippen LogP contribution in [-0.2, 0) is 12.8 Å². The van der Waals surface area contributed by atoms with Gasteiger partial charge in [-0.2, -0.15) is 0 Å². The van der Waals surface area contributed by atoms with E-state index in [1.54, 1.807) is 21.6 Å². The zero-order valence-electron chi connectivity index (χ0n) is 18.4. The first-order valence-corrected chi connectivity index (χ1v) is 13.3. The van der Waals surface area contributed by atoms with Crippen LogP contribution in [0.3, 0.4) is 0 Å². The molecule has 0 amide bonds. The van der Waals surface area contributed by atoms with E-state index in [0.717, 1.165) is 45.2 Å². The maximum atomic E-state index is 4.74. The van der Waals surface area contributed by atoms with Gasteiger partial charge in [0.2, 0.25) is 0 Å². The summed E-state index contributed by atoms with van der Waals surface area (Å²) in [5.41, 5.74) is 9.25. The molecule has 0 spiro atoms. The molecule has 166 valence electrons. The van der Waals surface area contributed by atoms with Gasteiger partial charge in [-0.3, -0.25) is 0 Å². The monoisotopic (exact) mass is 478 g/mol. The Balaban J connectivity index is 1.15. The fraction of sp³-hybridized carbons (Fsp3) is 0.0714. The molecule has 34 heavy (non-hydrogen) atoms. The van der Waals surface area contributed by atoms with Gasteiger partial charge in [0.05, 0.1) is 22.1 Å². The molecule has 6 aromatic rings. The fourth-order valence-electron chi connectivity index (χ4n) is 4.11. The zero-order chi connectivity index (χ0) is 22.7. The Kier molecular flexibility index (Phi) is 5.83. The SMILES string of the molecule is c1ccc(Cc2ccc3nc(SSc4nc5ccc(Cc6ccccc6)cc5[nH]4)[nH]c3c2)cc1. The predicted octanol–water partition coefficient (Wildman–Crippen LogP) is 7.42. The number of nitrogens with zero attached hydrogens (tertiary/aromatic N) is 2. The number of rotatable bonds is 7. The van der Waals surface area contributed by atoms with Crippen LogP contribution in [-0.4, -0.2) is 19.9 Å². The lowest BCUT2D eigenvalue weighted by Gasteiger charge is -2.01. The number of imidazole rings is 2. The highest BCUT2D eigenvalue weighted by molar-refractivity contribution is 8.76. The number of aromatic nitrogens is 4. The minimum Gasteiger partial charge on any atom is -0.332 e. The highest BCUT2D eigenvalue weighted by Gasteiger charge is 2.09. The molecular weight excluding hydrogens is 456 g/mol. The average molecular weight is 479 g/mol. The molecule has 4 aromatic carbocycles. The van der Waals surface area contributed by atoms with Crippen molar-refractivity contribution >= 4 is 43.7 Å². The van der Waals surface area contributed by atoms with E-state index in [1.807, 2.05) is 0 Å². The largest absolute Gasteiger partial charge is 0.332 e. The summed E-state index contributed by atoms with van der Waals surface area (Å²) >= 11 is 0. The molecule has 0 aliphatic rings. The third-order valence-electron chi connectivity index (χ3n) is 5.75. The van der Waals surface area contributed by atoms with Crippen LogP contribution in [0.5, 0.6) is 0 Å². The van der Waals surface area contributed by atoms with Crippen molar-refractivity contribution in [2.45, 2.75) is 23.2 Å². The summed E-state index contributed by atoms with van der Waals surface area (Å²) < 4.78 is 0. The van der Waals surface area contributed by atoms with Crippen LogP contribution in [0.15, 0.2) is 107 Å². The van der Waals surface area contributed by atoms with E-state index in [1.165, 1.54) is 22.3 Å². The number of benzene rings is 4. The van der Waals surface area contributed by atoms with Crippen molar-refractivity contribution in [1.29, 1.82) is 0 Å². The summed E-state index contributed by atoms with van der Waals surface area (Å²) in [5.74, 6) is 0. The molecule has 2 heterocycles. The predicted molar refractivity (Wildman–Crippen MR) is 142 cm³/mol. The van der Waals surface area contributed by atoms with Gasteiger partial charge in [0, 0.05) is 0 Å². The van der Waals surface area contributed by atoms with Crippen molar-refractivity contribution in [3.63, 3.8) is 0 Å². The zero-order valence-corrected chi connectivity index (χ0v) is 20.0. The van der Waals surface area contributed by atoms with Crippen LogP contribution in [0.1, 0.15) is 22.3 Å². The van der Waals surface area contributed by atoms with Crippen LogP contribution in [0, 0.1) is 0 Å². The van der Waals surface area contributed by atoms with Gasteiger partial charge in [-0.05, 0) is 80.9 Å². The number of nitrogens with one attached hydrogen (secondary N) is 2. The van der Waals surface area contributed by atoms with Crippen molar-refractivity contribution in [3.05, 3.63) is 119 Å². The molecule has 2 aromatic heterocycles. The van der Waals surface area contributed by atoms with Gasteiger partial charge >= 0.3 is 0 Å². The molecule has 6 heteroatoms. The van der Waals surface area contributed by atoms with Crippen LogP contribution < -0.4 is 0 Å². The first-order valence-electron chi connectivity index (χ1n) is 11.2. The third-order valence-corrected chi connectivity index (χ3v) is 7.73. The summed E-state index contributed by atoms with van der Waals surface area (Å²) in [6, 6.07) is 33.9. The van der Waals surface area contributed by atoms with E-state index in [-0.39, 0.29) is 0 Å². The first-order chi connectivity index (χ1) is 16.8. The highest BCUT2D eigenvalue weighted by Crippen LogP contribution is 2.36. The summed E-state index contributed by atoms with van der Waals surface area (Å²) in [7, 11) is 3.17. The Morgan fingerprint density at radius 1 is 0.500 bits per heavy atom. The van der Waals surface area contributed by atoms with E-state index in [4.69, 9.17) is 9.97 Å². The standard InChI is InChI=1S/C28H22N4S2/c1-3-7-19(8-4-1)15-21-11-13-23-25(17-21)31-27(29-23)33-34-28-30-24-14-12-22(18-26(24)32-28)16-20-9-5-2-6-10-20/h1-14,17-18H,15-16H2,(H,29,31)(H,30,32). The summed E-state index contributed by atoms with van der Waals surface area (Å²) in [6.45, 7) is 0. The van der Waals surface area contributed by atoms with Gasteiger partial charge in [-0.15, -0.1) is 0 Å². The summed E-state index contributed by atoms with van der Waals surface area (Å²) in [5, 5.41) is 1.75. The average Bonchev–Trinajstić information content (AvgIpc) is 3.47. The molecular formula is C28H22N4S2. The molecule has 0 bridgehead atoms. The van der Waals surface area contributed by atoms with Crippen LogP contribution in [0.4, 0.5) is 0 Å². The van der Waals surface area contributed by atoms with Crippen LogP contribution in [0.2, 0.25) is 0 Å². The van der Waals surface area contributed by atoms with E-state index in [0.29, 0.717) is 0 Å². The third kappa shape index (κ3) is 4.74. The van der Waals surface area contributed by atoms with Crippen molar-refractivity contribution in [1.82, 2.24) is 19.9 Å². The van der Waals surface area contributed by atoms with Gasteiger partial charge in [-0.25, -0.2) is 9.97 Å². The fourth-order valence-corrected chi connectivity index (χ4v) is 5.79. The lowest BCUT2D eigenvalue weighted by molar-refractivity contribution is 1.08. The number of aromatic amines is 2.